The first-order valence-electron chi connectivity index (χ1n) is 10.4. The minimum atomic E-state index is -3.46. The minimum Gasteiger partial charge on any atom is -0.351 e. The van der Waals surface area contributed by atoms with E-state index in [0.717, 1.165) is 22.1 Å². The van der Waals surface area contributed by atoms with Crippen LogP contribution in [0.1, 0.15) is 47.2 Å². The summed E-state index contributed by atoms with van der Waals surface area (Å²) < 4.78 is 26.2. The molecule has 162 valence electrons. The molecule has 1 aliphatic carbocycles. The van der Waals surface area contributed by atoms with E-state index in [4.69, 9.17) is 0 Å². The van der Waals surface area contributed by atoms with Gasteiger partial charge in [0.15, 0.2) is 0 Å². The van der Waals surface area contributed by atoms with Crippen LogP contribution in [-0.4, -0.2) is 38.1 Å². The first-order chi connectivity index (χ1) is 14.3. The fourth-order valence-electron chi connectivity index (χ4n) is 3.67. The van der Waals surface area contributed by atoms with E-state index in [1.165, 1.54) is 36.2 Å². The van der Waals surface area contributed by atoms with Crippen LogP contribution in [0.15, 0.2) is 48.5 Å². The van der Waals surface area contributed by atoms with Crippen LogP contribution in [-0.2, 0) is 16.6 Å². The maximum absolute atomic E-state index is 12.4. The van der Waals surface area contributed by atoms with Crippen LogP contribution in [0.5, 0.6) is 0 Å². The van der Waals surface area contributed by atoms with Gasteiger partial charge in [0.1, 0.15) is 0 Å². The molecule has 7 heteroatoms. The molecule has 0 bridgehead atoms. The molecule has 1 aliphatic rings. The number of sulfonamides is 1. The van der Waals surface area contributed by atoms with Crippen molar-refractivity contribution in [2.24, 2.45) is 0 Å². The molecule has 30 heavy (non-hydrogen) atoms. The normalized spacial score (nSPS) is 14.6. The number of carbonyl (C=O) groups excluding carboxylic acids is 1. The van der Waals surface area contributed by atoms with Gasteiger partial charge in [0.2, 0.25) is 10.0 Å². The van der Waals surface area contributed by atoms with Gasteiger partial charge in [-0.05, 0) is 55.2 Å². The Balaban J connectivity index is 1.61. The zero-order valence-electron chi connectivity index (χ0n) is 17.6. The molecule has 1 fully saturated rings. The second-order valence-corrected chi connectivity index (χ2v) is 11.1. The van der Waals surface area contributed by atoms with Gasteiger partial charge in [0.05, 0.1) is 18.5 Å². The van der Waals surface area contributed by atoms with E-state index in [-0.39, 0.29) is 12.5 Å². The summed E-state index contributed by atoms with van der Waals surface area (Å²) in [6, 6.07) is 14.5. The van der Waals surface area contributed by atoms with E-state index in [1.807, 2.05) is 43.0 Å². The van der Waals surface area contributed by atoms with Gasteiger partial charge in [0, 0.05) is 23.1 Å². The molecule has 0 spiro atoms. The number of hydrogen-bond acceptors (Lipinski definition) is 4. The molecule has 2 aromatic rings. The van der Waals surface area contributed by atoms with E-state index < -0.39 is 10.0 Å². The van der Waals surface area contributed by atoms with Crippen molar-refractivity contribution in [1.82, 2.24) is 5.32 Å². The molecule has 0 heterocycles. The third-order valence-corrected chi connectivity index (χ3v) is 7.96. The topological polar surface area (TPSA) is 66.5 Å². The first kappa shape index (κ1) is 22.7. The molecule has 3 rings (SSSR count). The maximum Gasteiger partial charge on any atom is 0.251 e. The van der Waals surface area contributed by atoms with Crippen LogP contribution >= 0.6 is 11.8 Å². The number of nitrogens with zero attached hydrogens (tertiary/aromatic N) is 1. The monoisotopic (exact) mass is 446 g/mol. The third kappa shape index (κ3) is 6.25. The van der Waals surface area contributed by atoms with Crippen molar-refractivity contribution in [3.63, 3.8) is 0 Å². The summed E-state index contributed by atoms with van der Waals surface area (Å²) in [7, 11) is -3.46. The summed E-state index contributed by atoms with van der Waals surface area (Å²) in [4.78, 5) is 12.4. The predicted octanol–water partition coefficient (Wildman–Crippen LogP) is 4.37. The van der Waals surface area contributed by atoms with Crippen molar-refractivity contribution in [1.29, 1.82) is 0 Å². The Kier molecular flexibility index (Phi) is 7.83. The molecule has 0 unspecified atom stereocenters. The van der Waals surface area contributed by atoms with Crippen LogP contribution in [0, 0.1) is 6.92 Å². The highest BCUT2D eigenvalue weighted by molar-refractivity contribution is 7.99. The van der Waals surface area contributed by atoms with Crippen LogP contribution in [0.3, 0.4) is 0 Å². The third-order valence-electron chi connectivity index (χ3n) is 5.44. The van der Waals surface area contributed by atoms with Crippen molar-refractivity contribution in [2.45, 2.75) is 44.4 Å². The fraction of sp³-hybridized carbons (Fsp3) is 0.435. The van der Waals surface area contributed by atoms with Crippen molar-refractivity contribution < 1.29 is 13.2 Å². The lowest BCUT2D eigenvalue weighted by molar-refractivity contribution is 0.0956. The van der Waals surface area contributed by atoms with Crippen LogP contribution in [0.25, 0.3) is 0 Å². The Labute approximate surface area is 184 Å². The Bertz CT molecular complexity index is 953. The molecule has 0 atom stereocenters. The Hall–Kier alpha value is -1.99. The summed E-state index contributed by atoms with van der Waals surface area (Å²) in [6.45, 7) is 2.87. The standard InChI is InChI=1S/C23H30N2O3S2/c1-18-7-3-4-8-20(18)17-25(30(2,27)28)21-13-11-19(12-14-21)23(26)24-15-16-29-22-9-5-6-10-22/h3-4,7-8,11-14,22H,5-6,9-10,15-17H2,1-2H3,(H,24,26). The van der Waals surface area contributed by atoms with Crippen molar-refractivity contribution in [3.05, 3.63) is 65.2 Å². The van der Waals surface area contributed by atoms with Gasteiger partial charge in [-0.15, -0.1) is 0 Å². The molecule has 1 saturated carbocycles. The Morgan fingerprint density at radius 2 is 1.77 bits per heavy atom. The van der Waals surface area contributed by atoms with E-state index in [9.17, 15) is 13.2 Å². The highest BCUT2D eigenvalue weighted by atomic mass is 32.2. The predicted molar refractivity (Wildman–Crippen MR) is 126 cm³/mol. The van der Waals surface area contributed by atoms with Crippen LogP contribution in [0.2, 0.25) is 0 Å². The molecular formula is C23H30N2O3S2. The van der Waals surface area contributed by atoms with Gasteiger partial charge in [-0.25, -0.2) is 8.42 Å². The van der Waals surface area contributed by atoms with Crippen molar-refractivity contribution >= 4 is 33.4 Å². The van der Waals surface area contributed by atoms with Gasteiger partial charge in [0.25, 0.3) is 5.91 Å². The Morgan fingerprint density at radius 1 is 1.10 bits per heavy atom. The lowest BCUT2D eigenvalue weighted by Crippen LogP contribution is -2.30. The zero-order chi connectivity index (χ0) is 21.6. The minimum absolute atomic E-state index is 0.126. The molecule has 1 N–H and O–H groups in total. The Morgan fingerprint density at radius 3 is 2.40 bits per heavy atom. The van der Waals surface area contributed by atoms with E-state index in [1.54, 1.807) is 24.3 Å². The van der Waals surface area contributed by atoms with E-state index in [0.29, 0.717) is 17.8 Å². The van der Waals surface area contributed by atoms with E-state index >= 15 is 0 Å². The number of benzene rings is 2. The number of amides is 1. The highest BCUT2D eigenvalue weighted by Crippen LogP contribution is 2.29. The molecule has 0 aromatic heterocycles. The largest absolute Gasteiger partial charge is 0.351 e. The smallest absolute Gasteiger partial charge is 0.251 e. The molecule has 0 saturated heterocycles. The zero-order valence-corrected chi connectivity index (χ0v) is 19.3. The highest BCUT2D eigenvalue weighted by Gasteiger charge is 2.19. The summed E-state index contributed by atoms with van der Waals surface area (Å²) >= 11 is 1.94. The molecule has 0 aliphatic heterocycles. The SMILES string of the molecule is Cc1ccccc1CN(c1ccc(C(=O)NCCSC2CCCC2)cc1)S(C)(=O)=O. The van der Waals surface area contributed by atoms with Gasteiger partial charge in [-0.1, -0.05) is 37.1 Å². The van der Waals surface area contributed by atoms with Crippen LogP contribution < -0.4 is 9.62 Å². The number of rotatable bonds is 9. The van der Waals surface area contributed by atoms with Crippen LogP contribution in [0.4, 0.5) is 5.69 Å². The summed E-state index contributed by atoms with van der Waals surface area (Å²) in [6.07, 6.45) is 6.43. The quantitative estimate of drug-likeness (QED) is 0.581. The van der Waals surface area contributed by atoms with Crippen molar-refractivity contribution in [2.75, 3.05) is 22.9 Å². The second-order valence-electron chi connectivity index (χ2n) is 7.78. The summed E-state index contributed by atoms with van der Waals surface area (Å²) in [5, 5.41) is 3.70. The fourth-order valence-corrected chi connectivity index (χ4v) is 5.77. The number of nitrogens with one attached hydrogen (secondary N) is 1. The van der Waals surface area contributed by atoms with E-state index in [2.05, 4.69) is 5.32 Å². The average molecular weight is 447 g/mol. The molecule has 1 amide bonds. The summed E-state index contributed by atoms with van der Waals surface area (Å²) in [5.41, 5.74) is 3.07. The number of aryl methyl sites for hydroxylation is 1. The second kappa shape index (κ2) is 10.4. The molecule has 0 radical (unpaired) electrons. The average Bonchev–Trinajstić information content (AvgIpc) is 3.23. The molecule has 5 nitrogen and oxygen atoms in total. The first-order valence-corrected chi connectivity index (χ1v) is 13.3. The molecular weight excluding hydrogens is 416 g/mol. The maximum atomic E-state index is 12.4. The molecule has 2 aromatic carbocycles. The van der Waals surface area contributed by atoms with Gasteiger partial charge >= 0.3 is 0 Å². The van der Waals surface area contributed by atoms with Gasteiger partial charge < -0.3 is 5.32 Å². The van der Waals surface area contributed by atoms with Gasteiger partial charge in [-0.2, -0.15) is 11.8 Å². The number of carbonyl (C=O) groups is 1. The number of hydrogen-bond donors (Lipinski definition) is 1. The van der Waals surface area contributed by atoms with Crippen molar-refractivity contribution in [3.8, 4) is 0 Å². The number of anilines is 1. The lowest BCUT2D eigenvalue weighted by atomic mass is 10.1. The van der Waals surface area contributed by atoms with Gasteiger partial charge in [-0.3, -0.25) is 9.10 Å². The number of thioether (sulfide) groups is 1. The summed E-state index contributed by atoms with van der Waals surface area (Å²) in [5.74, 6) is 0.797. The lowest BCUT2D eigenvalue weighted by Gasteiger charge is -2.23.